The second-order valence-corrected chi connectivity index (χ2v) is 5.62. The number of ether oxygens (including phenoxy) is 1. The molecule has 1 saturated heterocycles. The SMILES string of the molecule is CC(C)Cn1c(N)c(NN2CCOCC2)c(=O)n(C)c1=O. The molecule has 3 N–H and O–H groups in total. The Bertz CT molecular complexity index is 613. The van der Waals surface area contributed by atoms with Gasteiger partial charge in [0.05, 0.1) is 13.2 Å². The van der Waals surface area contributed by atoms with Crippen LogP contribution in [0.1, 0.15) is 13.8 Å². The summed E-state index contributed by atoms with van der Waals surface area (Å²) in [6.07, 6.45) is 0. The summed E-state index contributed by atoms with van der Waals surface area (Å²) >= 11 is 0. The number of nitrogens with zero attached hydrogens (tertiary/aromatic N) is 3. The fraction of sp³-hybridized carbons (Fsp3) is 0.692. The topological polar surface area (TPSA) is 94.5 Å². The first-order valence-electron chi connectivity index (χ1n) is 7.10. The highest BCUT2D eigenvalue weighted by Crippen LogP contribution is 2.14. The second-order valence-electron chi connectivity index (χ2n) is 5.62. The number of hydrogen-bond acceptors (Lipinski definition) is 6. The average molecular weight is 297 g/mol. The molecule has 0 spiro atoms. The fourth-order valence-corrected chi connectivity index (χ4v) is 2.26. The van der Waals surface area contributed by atoms with Crippen LogP contribution in [0.15, 0.2) is 9.59 Å². The highest BCUT2D eigenvalue weighted by Gasteiger charge is 2.19. The van der Waals surface area contributed by atoms with Crippen LogP contribution in [-0.2, 0) is 18.3 Å². The van der Waals surface area contributed by atoms with Crippen LogP contribution in [0, 0.1) is 5.92 Å². The van der Waals surface area contributed by atoms with E-state index in [-0.39, 0.29) is 17.4 Å². The summed E-state index contributed by atoms with van der Waals surface area (Å²) in [5, 5.41) is 1.88. The monoisotopic (exact) mass is 297 g/mol. The van der Waals surface area contributed by atoms with Gasteiger partial charge in [-0.3, -0.25) is 13.9 Å². The molecule has 2 heterocycles. The van der Waals surface area contributed by atoms with E-state index in [0.29, 0.717) is 32.8 Å². The Labute approximate surface area is 123 Å². The zero-order valence-electron chi connectivity index (χ0n) is 12.8. The number of hydrogen-bond donors (Lipinski definition) is 2. The standard InChI is InChI=1S/C13H23N5O3/c1-9(2)8-18-11(14)10(12(19)16(3)13(18)20)15-17-4-6-21-7-5-17/h9,15H,4-8,14H2,1-3H3. The van der Waals surface area contributed by atoms with E-state index in [9.17, 15) is 9.59 Å². The van der Waals surface area contributed by atoms with Gasteiger partial charge in [-0.1, -0.05) is 13.8 Å². The van der Waals surface area contributed by atoms with E-state index in [0.717, 1.165) is 4.57 Å². The maximum atomic E-state index is 12.3. The summed E-state index contributed by atoms with van der Waals surface area (Å²) in [5.74, 6) is 0.432. The lowest BCUT2D eigenvalue weighted by Gasteiger charge is -2.28. The Balaban J connectivity index is 2.42. The van der Waals surface area contributed by atoms with Gasteiger partial charge in [-0.25, -0.2) is 9.80 Å². The van der Waals surface area contributed by atoms with Crippen LogP contribution in [0.25, 0.3) is 0 Å². The van der Waals surface area contributed by atoms with Crippen LogP contribution in [0.3, 0.4) is 0 Å². The number of nitrogen functional groups attached to an aromatic ring is 1. The number of hydrazine groups is 1. The molecule has 1 fully saturated rings. The van der Waals surface area contributed by atoms with Gasteiger partial charge in [0.25, 0.3) is 5.56 Å². The van der Waals surface area contributed by atoms with Gasteiger partial charge in [-0.2, -0.15) is 0 Å². The minimum Gasteiger partial charge on any atom is -0.383 e. The van der Waals surface area contributed by atoms with Crippen molar-refractivity contribution in [1.29, 1.82) is 0 Å². The predicted octanol–water partition coefficient (Wildman–Crippen LogP) is -0.556. The molecule has 8 nitrogen and oxygen atoms in total. The first kappa shape index (κ1) is 15.6. The molecule has 8 heteroatoms. The zero-order valence-corrected chi connectivity index (χ0v) is 12.8. The Kier molecular flexibility index (Phi) is 4.69. The number of aromatic nitrogens is 2. The Morgan fingerprint density at radius 2 is 1.90 bits per heavy atom. The number of anilines is 2. The van der Waals surface area contributed by atoms with E-state index in [1.807, 2.05) is 18.9 Å². The molecule has 118 valence electrons. The summed E-state index contributed by atoms with van der Waals surface area (Å²) in [6.45, 7) is 6.96. The van der Waals surface area contributed by atoms with Gasteiger partial charge in [-0.05, 0) is 5.92 Å². The highest BCUT2D eigenvalue weighted by molar-refractivity contribution is 5.60. The molecule has 0 aliphatic carbocycles. The maximum absolute atomic E-state index is 12.3. The minimum atomic E-state index is -0.413. The van der Waals surface area contributed by atoms with Crippen molar-refractivity contribution in [2.45, 2.75) is 20.4 Å². The zero-order chi connectivity index (χ0) is 15.6. The summed E-state index contributed by atoms with van der Waals surface area (Å²) < 4.78 is 7.79. The maximum Gasteiger partial charge on any atom is 0.332 e. The normalized spacial score (nSPS) is 16.4. The molecule has 0 saturated carbocycles. The lowest BCUT2D eigenvalue weighted by molar-refractivity contribution is 0.0496. The molecule has 0 amide bonds. The second kappa shape index (κ2) is 6.31. The molecule has 1 aromatic heterocycles. The predicted molar refractivity (Wildman–Crippen MR) is 81.2 cm³/mol. The first-order chi connectivity index (χ1) is 9.91. The van der Waals surface area contributed by atoms with Gasteiger partial charge < -0.3 is 15.9 Å². The van der Waals surface area contributed by atoms with Gasteiger partial charge in [0.15, 0.2) is 5.69 Å². The molecule has 1 aromatic rings. The average Bonchev–Trinajstić information content (AvgIpc) is 2.47. The summed E-state index contributed by atoms with van der Waals surface area (Å²) in [5.41, 5.74) is 8.53. The van der Waals surface area contributed by atoms with Crippen LogP contribution in [0.4, 0.5) is 11.5 Å². The van der Waals surface area contributed by atoms with Crippen molar-refractivity contribution >= 4 is 11.5 Å². The fourth-order valence-electron chi connectivity index (χ4n) is 2.26. The molecular weight excluding hydrogens is 274 g/mol. The van der Waals surface area contributed by atoms with Gasteiger partial charge >= 0.3 is 5.69 Å². The molecule has 0 radical (unpaired) electrons. The van der Waals surface area contributed by atoms with Crippen molar-refractivity contribution in [2.24, 2.45) is 13.0 Å². The summed E-state index contributed by atoms with van der Waals surface area (Å²) in [7, 11) is 1.46. The van der Waals surface area contributed by atoms with Gasteiger partial charge in [0.1, 0.15) is 5.82 Å². The lowest BCUT2D eigenvalue weighted by atomic mass is 10.2. The number of rotatable bonds is 4. The number of nitrogens with two attached hydrogens (primary N) is 1. The van der Waals surface area contributed by atoms with E-state index in [4.69, 9.17) is 10.5 Å². The Morgan fingerprint density at radius 1 is 1.29 bits per heavy atom. The van der Waals surface area contributed by atoms with E-state index in [2.05, 4.69) is 5.43 Å². The van der Waals surface area contributed by atoms with Gasteiger partial charge in [-0.15, -0.1) is 0 Å². The largest absolute Gasteiger partial charge is 0.383 e. The van der Waals surface area contributed by atoms with Crippen molar-refractivity contribution in [3.63, 3.8) is 0 Å². The van der Waals surface area contributed by atoms with Crippen LogP contribution < -0.4 is 22.4 Å². The van der Waals surface area contributed by atoms with Crippen molar-refractivity contribution in [3.8, 4) is 0 Å². The van der Waals surface area contributed by atoms with Crippen molar-refractivity contribution in [2.75, 3.05) is 37.5 Å². The highest BCUT2D eigenvalue weighted by atomic mass is 16.5. The Hall–Kier alpha value is -1.80. The van der Waals surface area contributed by atoms with Crippen LogP contribution in [0.2, 0.25) is 0 Å². The third-order valence-corrected chi connectivity index (χ3v) is 3.41. The minimum absolute atomic E-state index is 0.184. The number of morpholine rings is 1. The van der Waals surface area contributed by atoms with E-state index < -0.39 is 11.2 Å². The van der Waals surface area contributed by atoms with Crippen molar-refractivity contribution in [3.05, 3.63) is 20.8 Å². The lowest BCUT2D eigenvalue weighted by Crippen LogP contribution is -2.46. The first-order valence-corrected chi connectivity index (χ1v) is 7.10. The summed E-state index contributed by atoms with van der Waals surface area (Å²) in [4.78, 5) is 24.4. The molecule has 1 aliphatic heterocycles. The van der Waals surface area contributed by atoms with Crippen LogP contribution >= 0.6 is 0 Å². The molecule has 21 heavy (non-hydrogen) atoms. The van der Waals surface area contributed by atoms with Gasteiger partial charge in [0.2, 0.25) is 0 Å². The molecule has 0 bridgehead atoms. The third kappa shape index (κ3) is 3.27. The van der Waals surface area contributed by atoms with Crippen molar-refractivity contribution in [1.82, 2.24) is 14.1 Å². The molecule has 0 unspecified atom stereocenters. The Morgan fingerprint density at radius 3 is 2.48 bits per heavy atom. The molecule has 0 aromatic carbocycles. The molecular formula is C13H23N5O3. The molecule has 1 aliphatic rings. The third-order valence-electron chi connectivity index (χ3n) is 3.41. The van der Waals surface area contributed by atoms with E-state index in [1.54, 1.807) is 0 Å². The van der Waals surface area contributed by atoms with Gasteiger partial charge in [0, 0.05) is 26.7 Å². The van der Waals surface area contributed by atoms with E-state index >= 15 is 0 Å². The molecule has 2 rings (SSSR count). The smallest absolute Gasteiger partial charge is 0.332 e. The van der Waals surface area contributed by atoms with Crippen LogP contribution in [0.5, 0.6) is 0 Å². The number of nitrogens with one attached hydrogen (secondary N) is 1. The quantitative estimate of drug-likeness (QED) is 0.774. The van der Waals surface area contributed by atoms with Crippen molar-refractivity contribution < 1.29 is 4.74 Å². The molecule has 0 atom stereocenters. The van der Waals surface area contributed by atoms with Crippen LogP contribution in [-0.4, -0.2) is 40.4 Å². The summed E-state index contributed by atoms with van der Waals surface area (Å²) in [6, 6.07) is 0. The van der Waals surface area contributed by atoms with E-state index in [1.165, 1.54) is 11.6 Å².